The molecule has 132 valence electrons. The summed E-state index contributed by atoms with van der Waals surface area (Å²) in [5, 5.41) is 5.12. The summed E-state index contributed by atoms with van der Waals surface area (Å²) in [5.41, 5.74) is -0.560. The second kappa shape index (κ2) is 6.92. The Hall–Kier alpha value is -2.90. The summed E-state index contributed by atoms with van der Waals surface area (Å²) >= 11 is 0. The highest BCUT2D eigenvalue weighted by atomic mass is 19.4. The number of hydrogen-bond donors (Lipinski definition) is 2. The molecule has 0 fully saturated rings. The molecule has 2 aromatic carbocycles. The zero-order valence-corrected chi connectivity index (χ0v) is 13.0. The van der Waals surface area contributed by atoms with Gasteiger partial charge in [-0.2, -0.15) is 13.2 Å². The van der Waals surface area contributed by atoms with E-state index in [1.54, 1.807) is 18.2 Å². The first-order valence-electron chi connectivity index (χ1n) is 7.53. The van der Waals surface area contributed by atoms with Crippen molar-refractivity contribution in [2.24, 2.45) is 0 Å². The number of hydrogen-bond acceptors (Lipinski definition) is 4. The fraction of sp³-hybridized carbons (Fsp3) is 0.235. The third-order valence-electron chi connectivity index (χ3n) is 3.50. The van der Waals surface area contributed by atoms with Gasteiger partial charge in [-0.15, -0.1) is 0 Å². The van der Waals surface area contributed by atoms with E-state index in [0.29, 0.717) is 30.4 Å². The van der Waals surface area contributed by atoms with Crippen LogP contribution in [0.25, 0.3) is 0 Å². The largest absolute Gasteiger partial charge is 0.486 e. The van der Waals surface area contributed by atoms with Gasteiger partial charge < -0.3 is 20.1 Å². The van der Waals surface area contributed by atoms with Crippen LogP contribution in [0, 0.1) is 0 Å². The zero-order chi connectivity index (χ0) is 17.9. The van der Waals surface area contributed by atoms with E-state index in [1.807, 2.05) is 0 Å². The van der Waals surface area contributed by atoms with Crippen LogP contribution >= 0.6 is 0 Å². The summed E-state index contributed by atoms with van der Waals surface area (Å²) in [6, 6.07) is 9.91. The van der Waals surface area contributed by atoms with Crippen molar-refractivity contribution >= 4 is 17.3 Å². The number of alkyl halides is 3. The van der Waals surface area contributed by atoms with Gasteiger partial charge in [0.15, 0.2) is 11.5 Å². The van der Waals surface area contributed by atoms with Crippen LogP contribution in [0.2, 0.25) is 0 Å². The molecule has 1 aliphatic heterocycles. The first kappa shape index (κ1) is 16.9. The highest BCUT2D eigenvalue weighted by Crippen LogP contribution is 2.35. The van der Waals surface area contributed by atoms with Gasteiger partial charge in [0.1, 0.15) is 13.2 Å². The normalized spacial score (nSPS) is 13.2. The van der Waals surface area contributed by atoms with Crippen molar-refractivity contribution in [3.05, 3.63) is 48.0 Å². The van der Waals surface area contributed by atoms with Crippen LogP contribution in [-0.2, 0) is 11.0 Å². The fourth-order valence-electron chi connectivity index (χ4n) is 2.37. The lowest BCUT2D eigenvalue weighted by molar-refractivity contribution is -0.137. The van der Waals surface area contributed by atoms with Gasteiger partial charge in [0.2, 0.25) is 5.91 Å². The number of halogens is 3. The monoisotopic (exact) mass is 352 g/mol. The predicted molar refractivity (Wildman–Crippen MR) is 86.0 cm³/mol. The van der Waals surface area contributed by atoms with Crippen molar-refractivity contribution in [2.45, 2.75) is 6.18 Å². The van der Waals surface area contributed by atoms with E-state index in [2.05, 4.69) is 10.6 Å². The number of para-hydroxylation sites is 1. The maximum Gasteiger partial charge on any atom is 0.418 e. The standard InChI is InChI=1S/C17H15F3N2O3/c18-17(19,20)12-3-1-2-4-13(12)22-16(23)10-21-11-5-6-14-15(9-11)25-8-7-24-14/h1-6,9,21H,7-8,10H2,(H,22,23). The molecule has 1 amide bonds. The lowest BCUT2D eigenvalue weighted by Crippen LogP contribution is -2.23. The molecule has 1 aliphatic rings. The van der Waals surface area contributed by atoms with E-state index >= 15 is 0 Å². The van der Waals surface area contributed by atoms with Crippen LogP contribution < -0.4 is 20.1 Å². The molecule has 0 saturated carbocycles. The number of fused-ring (bicyclic) bond motifs is 1. The van der Waals surface area contributed by atoms with Crippen molar-refractivity contribution < 1.29 is 27.4 Å². The summed E-state index contributed by atoms with van der Waals surface area (Å²) in [7, 11) is 0. The summed E-state index contributed by atoms with van der Waals surface area (Å²) in [6.07, 6.45) is -4.53. The van der Waals surface area contributed by atoms with Crippen LogP contribution in [0.5, 0.6) is 11.5 Å². The number of ether oxygens (including phenoxy) is 2. The molecule has 2 N–H and O–H groups in total. The Bertz CT molecular complexity index is 778. The van der Waals surface area contributed by atoms with Crippen LogP contribution in [0.4, 0.5) is 24.5 Å². The molecule has 5 nitrogen and oxygen atoms in total. The molecule has 0 saturated heterocycles. The Morgan fingerprint density at radius 1 is 1.04 bits per heavy atom. The lowest BCUT2D eigenvalue weighted by Gasteiger charge is -2.19. The van der Waals surface area contributed by atoms with Gasteiger partial charge >= 0.3 is 6.18 Å². The van der Waals surface area contributed by atoms with E-state index in [4.69, 9.17) is 9.47 Å². The topological polar surface area (TPSA) is 59.6 Å². The minimum Gasteiger partial charge on any atom is -0.486 e. The van der Waals surface area contributed by atoms with Crippen LogP contribution in [0.15, 0.2) is 42.5 Å². The Morgan fingerprint density at radius 3 is 2.52 bits per heavy atom. The minimum absolute atomic E-state index is 0.189. The van der Waals surface area contributed by atoms with Crippen molar-refractivity contribution in [1.82, 2.24) is 0 Å². The van der Waals surface area contributed by atoms with Crippen molar-refractivity contribution in [2.75, 3.05) is 30.4 Å². The maximum atomic E-state index is 12.9. The molecule has 3 rings (SSSR count). The molecule has 0 unspecified atom stereocenters. The summed E-state index contributed by atoms with van der Waals surface area (Å²) < 4.78 is 49.6. The van der Waals surface area contributed by atoms with Gasteiger partial charge in [0.25, 0.3) is 0 Å². The predicted octanol–water partition coefficient (Wildman–Crippen LogP) is 3.53. The van der Waals surface area contributed by atoms with Crippen LogP contribution in [0.1, 0.15) is 5.56 Å². The van der Waals surface area contributed by atoms with Gasteiger partial charge in [-0.3, -0.25) is 4.79 Å². The molecule has 8 heteroatoms. The van der Waals surface area contributed by atoms with Crippen LogP contribution in [0.3, 0.4) is 0 Å². The van der Waals surface area contributed by atoms with Gasteiger partial charge in [-0.1, -0.05) is 12.1 Å². The molecule has 25 heavy (non-hydrogen) atoms. The number of nitrogens with one attached hydrogen (secondary N) is 2. The maximum absolute atomic E-state index is 12.9. The summed E-state index contributed by atoms with van der Waals surface area (Å²) in [5.74, 6) is 0.575. The average Bonchev–Trinajstić information content (AvgIpc) is 2.59. The first-order chi connectivity index (χ1) is 11.9. The molecule has 0 bridgehead atoms. The summed E-state index contributed by atoms with van der Waals surface area (Å²) in [6.45, 7) is 0.720. The molecular formula is C17H15F3N2O3. The number of rotatable bonds is 4. The van der Waals surface area contributed by atoms with Crippen LogP contribution in [-0.4, -0.2) is 25.7 Å². The Kier molecular flexibility index (Phi) is 4.69. The molecule has 0 radical (unpaired) electrons. The number of anilines is 2. The molecule has 0 aromatic heterocycles. The van der Waals surface area contributed by atoms with Crippen molar-refractivity contribution in [1.29, 1.82) is 0 Å². The van der Waals surface area contributed by atoms with E-state index in [9.17, 15) is 18.0 Å². The Morgan fingerprint density at radius 2 is 1.76 bits per heavy atom. The van der Waals surface area contributed by atoms with E-state index < -0.39 is 17.6 Å². The quantitative estimate of drug-likeness (QED) is 0.884. The number of benzene rings is 2. The third-order valence-corrected chi connectivity index (χ3v) is 3.50. The first-order valence-corrected chi connectivity index (χ1v) is 7.53. The van der Waals surface area contributed by atoms with Gasteiger partial charge in [-0.25, -0.2) is 0 Å². The number of carbonyl (C=O) groups is 1. The van der Waals surface area contributed by atoms with Gasteiger partial charge in [-0.05, 0) is 24.3 Å². The SMILES string of the molecule is O=C(CNc1ccc2c(c1)OCCO2)Nc1ccccc1C(F)(F)F. The molecule has 2 aromatic rings. The van der Waals surface area contributed by atoms with Gasteiger partial charge in [0.05, 0.1) is 17.8 Å². The highest BCUT2D eigenvalue weighted by Gasteiger charge is 2.33. The van der Waals surface area contributed by atoms with E-state index in [-0.39, 0.29) is 12.2 Å². The molecule has 0 spiro atoms. The fourth-order valence-corrected chi connectivity index (χ4v) is 2.37. The molecule has 1 heterocycles. The summed E-state index contributed by atoms with van der Waals surface area (Å²) in [4.78, 5) is 12.0. The number of carbonyl (C=O) groups excluding carboxylic acids is 1. The highest BCUT2D eigenvalue weighted by molar-refractivity contribution is 5.94. The molecule has 0 aliphatic carbocycles. The average molecular weight is 352 g/mol. The Balaban J connectivity index is 1.62. The second-order valence-corrected chi connectivity index (χ2v) is 5.30. The van der Waals surface area contributed by atoms with E-state index in [0.717, 1.165) is 6.07 Å². The molecular weight excluding hydrogens is 337 g/mol. The van der Waals surface area contributed by atoms with Gasteiger partial charge in [0, 0.05) is 11.8 Å². The van der Waals surface area contributed by atoms with Crippen molar-refractivity contribution in [3.8, 4) is 11.5 Å². The Labute approximate surface area is 141 Å². The molecule has 0 atom stereocenters. The second-order valence-electron chi connectivity index (χ2n) is 5.30. The number of amides is 1. The third kappa shape index (κ3) is 4.14. The van der Waals surface area contributed by atoms with Crippen molar-refractivity contribution in [3.63, 3.8) is 0 Å². The smallest absolute Gasteiger partial charge is 0.418 e. The minimum atomic E-state index is -4.53. The lowest BCUT2D eigenvalue weighted by atomic mass is 10.1. The van der Waals surface area contributed by atoms with E-state index in [1.165, 1.54) is 18.2 Å². The zero-order valence-electron chi connectivity index (χ0n) is 13.0.